The minimum atomic E-state index is -0.951. The van der Waals surface area contributed by atoms with Gasteiger partial charge in [-0.25, -0.2) is 4.79 Å². The maximum atomic E-state index is 11.0. The molecular weight excluding hydrogens is 160 g/mol. The van der Waals surface area contributed by atoms with Crippen LogP contribution in [0.1, 0.15) is 20.8 Å². The van der Waals surface area contributed by atoms with Gasteiger partial charge in [0.05, 0.1) is 13.0 Å². The van der Waals surface area contributed by atoms with Gasteiger partial charge in [0.25, 0.3) is 0 Å². The van der Waals surface area contributed by atoms with E-state index in [2.05, 4.69) is 9.47 Å². The molecule has 0 heterocycles. The Labute approximate surface area is 71.8 Å². The van der Waals surface area contributed by atoms with Crippen LogP contribution in [0.15, 0.2) is 0 Å². The average Bonchev–Trinajstić information content (AvgIpc) is 2.02. The van der Waals surface area contributed by atoms with Crippen LogP contribution in [0.25, 0.3) is 0 Å². The van der Waals surface area contributed by atoms with E-state index in [9.17, 15) is 9.59 Å². The number of ether oxygens (including phenoxy) is 2. The molecule has 0 fully saturated rings. The lowest BCUT2D eigenvalue weighted by Crippen LogP contribution is -2.22. The number of hydrogen-bond acceptors (Lipinski definition) is 4. The number of carbonyl (C=O) groups is 2. The zero-order valence-corrected chi connectivity index (χ0v) is 7.79. The van der Waals surface area contributed by atoms with Crippen LogP contribution >= 0.6 is 0 Å². The highest BCUT2D eigenvalue weighted by molar-refractivity contribution is 5.83. The first-order valence-corrected chi connectivity index (χ1v) is 3.78. The molecule has 0 rings (SSSR count). The fraction of sp³-hybridized carbons (Fsp3) is 0.750. The molecule has 12 heavy (non-hydrogen) atoms. The van der Waals surface area contributed by atoms with Gasteiger partial charge in [-0.3, -0.25) is 4.79 Å². The summed E-state index contributed by atoms with van der Waals surface area (Å²) >= 11 is 0. The van der Waals surface area contributed by atoms with Crippen LogP contribution in [0.3, 0.4) is 0 Å². The van der Waals surface area contributed by atoms with Gasteiger partial charge in [0, 0.05) is 0 Å². The van der Waals surface area contributed by atoms with Gasteiger partial charge in [0.15, 0.2) is 0 Å². The van der Waals surface area contributed by atoms with Crippen molar-refractivity contribution < 1.29 is 19.1 Å². The molecule has 1 atom stereocenters. The molecule has 0 bridgehead atoms. The first-order chi connectivity index (χ1) is 5.49. The van der Waals surface area contributed by atoms with Crippen molar-refractivity contribution in [2.45, 2.75) is 20.8 Å². The van der Waals surface area contributed by atoms with Gasteiger partial charge in [-0.15, -0.1) is 0 Å². The van der Waals surface area contributed by atoms with E-state index in [1.54, 1.807) is 6.92 Å². The molecule has 0 aromatic carbocycles. The van der Waals surface area contributed by atoms with Crippen LogP contribution in [-0.4, -0.2) is 19.2 Å². The lowest BCUT2D eigenvalue weighted by Gasteiger charge is -2.12. The lowest BCUT2D eigenvalue weighted by molar-refractivity contribution is -0.144. The van der Waals surface area contributed by atoms with E-state index in [1.165, 1.54) is 0 Å². The second kappa shape index (κ2) is 4.74. The Hall–Kier alpha value is -1.06. The van der Waals surface area contributed by atoms with Crippen LogP contribution in [0, 0.1) is 11.8 Å². The normalized spacial score (nSPS) is 12.4. The Morgan fingerprint density at radius 1 is 1.17 bits per heavy atom. The first-order valence-electron chi connectivity index (χ1n) is 3.78. The Bertz CT molecular complexity index is 174. The molecule has 0 saturated heterocycles. The summed E-state index contributed by atoms with van der Waals surface area (Å²) < 4.78 is 8.49. The fourth-order valence-corrected chi connectivity index (χ4v) is 0.489. The van der Waals surface area contributed by atoms with E-state index in [1.807, 2.05) is 13.8 Å². The summed E-state index contributed by atoms with van der Waals surface area (Å²) in [6.45, 7) is 5.46. The highest BCUT2D eigenvalue weighted by atomic mass is 16.7. The molecule has 0 amide bonds. The van der Waals surface area contributed by atoms with E-state index in [0.717, 1.165) is 7.11 Å². The highest BCUT2D eigenvalue weighted by Gasteiger charge is 2.21. The number of carbonyl (C=O) groups excluding carboxylic acids is 2. The molecule has 4 heteroatoms. The van der Waals surface area contributed by atoms with Crippen molar-refractivity contribution in [2.75, 3.05) is 7.11 Å². The molecule has 0 aromatic rings. The topological polar surface area (TPSA) is 52.6 Å². The van der Waals surface area contributed by atoms with Gasteiger partial charge in [-0.1, -0.05) is 20.8 Å². The van der Waals surface area contributed by atoms with Crippen LogP contribution in [0.5, 0.6) is 0 Å². The Morgan fingerprint density at radius 3 is 2.00 bits per heavy atom. The fourth-order valence-electron chi connectivity index (χ4n) is 0.489. The second-order valence-electron chi connectivity index (χ2n) is 2.91. The largest absolute Gasteiger partial charge is 0.515 e. The third kappa shape index (κ3) is 3.37. The molecule has 0 N–H and O–H groups in total. The van der Waals surface area contributed by atoms with Crippen molar-refractivity contribution in [3.05, 3.63) is 0 Å². The van der Waals surface area contributed by atoms with E-state index in [4.69, 9.17) is 0 Å². The summed E-state index contributed by atoms with van der Waals surface area (Å²) in [5.74, 6) is -0.678. The summed E-state index contributed by atoms with van der Waals surface area (Å²) in [5, 5.41) is 0. The molecule has 4 nitrogen and oxygen atoms in total. The third-order valence-corrected chi connectivity index (χ3v) is 1.72. The lowest BCUT2D eigenvalue weighted by atomic mass is 9.99. The second-order valence-corrected chi connectivity index (χ2v) is 2.91. The van der Waals surface area contributed by atoms with Crippen molar-refractivity contribution in [1.29, 1.82) is 0 Å². The summed E-state index contributed by atoms with van der Waals surface area (Å²) in [5.41, 5.74) is 0. The van der Waals surface area contributed by atoms with Crippen molar-refractivity contribution in [3.8, 4) is 0 Å². The van der Waals surface area contributed by atoms with Gasteiger partial charge in [-0.05, 0) is 5.92 Å². The smallest absolute Gasteiger partial charge is 0.437 e. The number of esters is 1. The molecule has 0 aliphatic carbocycles. The predicted molar refractivity (Wildman–Crippen MR) is 42.5 cm³/mol. The number of hydrogen-bond donors (Lipinski definition) is 0. The minimum Gasteiger partial charge on any atom is -0.437 e. The SMILES string of the molecule is COC(=O)OC(=O)[C@H](C)C(C)C. The zero-order chi connectivity index (χ0) is 9.72. The Morgan fingerprint density at radius 2 is 1.67 bits per heavy atom. The van der Waals surface area contributed by atoms with E-state index in [0.29, 0.717) is 0 Å². The van der Waals surface area contributed by atoms with Crippen LogP contribution < -0.4 is 0 Å². The molecular formula is C8H14O4. The van der Waals surface area contributed by atoms with E-state index < -0.39 is 12.1 Å². The summed E-state index contributed by atoms with van der Waals surface area (Å²) in [7, 11) is 1.16. The molecule has 0 aromatic heterocycles. The minimum absolute atomic E-state index is 0.155. The van der Waals surface area contributed by atoms with E-state index in [-0.39, 0.29) is 11.8 Å². The molecule has 0 unspecified atom stereocenters. The average molecular weight is 174 g/mol. The summed E-state index contributed by atoms with van der Waals surface area (Å²) in [6, 6.07) is 0. The highest BCUT2D eigenvalue weighted by Crippen LogP contribution is 2.11. The number of rotatable bonds is 2. The summed E-state index contributed by atoms with van der Waals surface area (Å²) in [4.78, 5) is 21.5. The zero-order valence-electron chi connectivity index (χ0n) is 7.79. The Kier molecular flexibility index (Phi) is 4.33. The van der Waals surface area contributed by atoms with Crippen molar-refractivity contribution in [2.24, 2.45) is 11.8 Å². The third-order valence-electron chi connectivity index (χ3n) is 1.72. The molecule has 0 saturated carbocycles. The summed E-state index contributed by atoms with van der Waals surface area (Å²) in [6.07, 6.45) is -0.951. The predicted octanol–water partition coefficient (Wildman–Crippen LogP) is 1.59. The van der Waals surface area contributed by atoms with Gasteiger partial charge < -0.3 is 9.47 Å². The number of methoxy groups -OCH3 is 1. The maximum absolute atomic E-state index is 11.0. The van der Waals surface area contributed by atoms with Gasteiger partial charge in [0.1, 0.15) is 0 Å². The van der Waals surface area contributed by atoms with Gasteiger partial charge >= 0.3 is 12.1 Å². The van der Waals surface area contributed by atoms with Crippen LogP contribution in [-0.2, 0) is 14.3 Å². The standard InChI is InChI=1S/C8H14O4/c1-5(2)6(3)7(9)12-8(10)11-4/h5-6H,1-4H3/t6-/m1/s1. The first kappa shape index (κ1) is 10.9. The van der Waals surface area contributed by atoms with Crippen molar-refractivity contribution in [1.82, 2.24) is 0 Å². The molecule has 0 aliphatic heterocycles. The quantitative estimate of drug-likeness (QED) is 0.471. The van der Waals surface area contributed by atoms with Gasteiger partial charge in [-0.2, -0.15) is 0 Å². The van der Waals surface area contributed by atoms with Crippen LogP contribution in [0.4, 0.5) is 4.79 Å². The molecule has 0 aliphatic rings. The van der Waals surface area contributed by atoms with Crippen molar-refractivity contribution >= 4 is 12.1 Å². The monoisotopic (exact) mass is 174 g/mol. The molecule has 0 spiro atoms. The Balaban J connectivity index is 3.96. The maximum Gasteiger partial charge on any atom is 0.515 e. The molecule has 0 radical (unpaired) electrons. The van der Waals surface area contributed by atoms with Crippen LogP contribution in [0.2, 0.25) is 0 Å². The van der Waals surface area contributed by atoms with Crippen molar-refractivity contribution in [3.63, 3.8) is 0 Å². The van der Waals surface area contributed by atoms with E-state index >= 15 is 0 Å². The molecule has 70 valence electrons. The van der Waals surface area contributed by atoms with Gasteiger partial charge in [0.2, 0.25) is 0 Å².